The number of aromatic hydroxyl groups is 1. The number of nitrogens with one attached hydrogen (secondary N) is 1. The number of carbonyl (C=O) groups excluding carboxylic acids is 1. The molecule has 1 aliphatic carbocycles. The summed E-state index contributed by atoms with van der Waals surface area (Å²) in [4.78, 5) is 24.7. The Kier molecular flexibility index (Phi) is 6.25. The predicted octanol–water partition coefficient (Wildman–Crippen LogP) is 5.70. The average molecular weight is 497 g/mol. The van der Waals surface area contributed by atoms with E-state index in [-0.39, 0.29) is 22.9 Å². The van der Waals surface area contributed by atoms with Gasteiger partial charge < -0.3 is 10.2 Å². The van der Waals surface area contributed by atoms with Gasteiger partial charge in [-0.3, -0.25) is 10.2 Å². The van der Waals surface area contributed by atoms with Crippen LogP contribution in [-0.2, 0) is 11.2 Å². The molecule has 0 saturated heterocycles. The number of phenols is 1. The maximum atomic E-state index is 13.2. The number of nitrogens with zero attached hydrogens (tertiary/aromatic N) is 3. The van der Waals surface area contributed by atoms with Crippen LogP contribution in [-0.4, -0.2) is 33.5 Å². The molecule has 8 heteroatoms. The van der Waals surface area contributed by atoms with Gasteiger partial charge in [-0.05, 0) is 91.6 Å². The number of anilines is 2. The van der Waals surface area contributed by atoms with E-state index in [0.29, 0.717) is 28.4 Å². The van der Waals surface area contributed by atoms with Gasteiger partial charge in [0.15, 0.2) is 5.71 Å². The number of hydrazone groups is 2. The molecule has 1 aliphatic heterocycles. The highest BCUT2D eigenvalue weighted by atomic mass is 16.4. The molecule has 188 valence electrons. The van der Waals surface area contributed by atoms with Gasteiger partial charge in [-0.2, -0.15) is 15.2 Å². The van der Waals surface area contributed by atoms with Crippen LogP contribution in [0.5, 0.6) is 5.75 Å². The first kappa shape index (κ1) is 24.2. The maximum absolute atomic E-state index is 13.2. The van der Waals surface area contributed by atoms with E-state index in [2.05, 4.69) is 34.7 Å². The predicted molar refractivity (Wildman–Crippen MR) is 145 cm³/mol. The molecule has 1 unspecified atom stereocenters. The van der Waals surface area contributed by atoms with Crippen LogP contribution >= 0.6 is 0 Å². The lowest BCUT2D eigenvalue weighted by molar-refractivity contribution is -0.112. The third kappa shape index (κ3) is 4.46. The van der Waals surface area contributed by atoms with Gasteiger partial charge in [0, 0.05) is 5.56 Å². The molecule has 1 atom stereocenters. The van der Waals surface area contributed by atoms with Gasteiger partial charge in [-0.15, -0.1) is 0 Å². The average Bonchev–Trinajstić information content (AvgIpc) is 3.41. The number of fused-ring (bicyclic) bond motifs is 1. The number of rotatable bonds is 6. The fourth-order valence-corrected chi connectivity index (χ4v) is 5.11. The van der Waals surface area contributed by atoms with E-state index in [9.17, 15) is 19.8 Å². The van der Waals surface area contributed by atoms with Gasteiger partial charge in [-0.1, -0.05) is 31.2 Å². The molecule has 0 spiro atoms. The summed E-state index contributed by atoms with van der Waals surface area (Å²) in [6.07, 6.45) is 3.27. The van der Waals surface area contributed by atoms with Crippen molar-refractivity contribution in [3.63, 3.8) is 0 Å². The Bertz CT molecular complexity index is 1490. The summed E-state index contributed by atoms with van der Waals surface area (Å²) in [7, 11) is 0. The van der Waals surface area contributed by atoms with E-state index in [0.717, 1.165) is 30.5 Å². The fraction of sp³-hybridized carbons (Fsp3) is 0.241. The van der Waals surface area contributed by atoms with E-state index in [1.807, 2.05) is 25.1 Å². The third-order valence-corrected chi connectivity index (χ3v) is 7.01. The van der Waals surface area contributed by atoms with E-state index in [1.54, 1.807) is 25.1 Å². The first-order chi connectivity index (χ1) is 17.8. The molecule has 8 nitrogen and oxygen atoms in total. The Hall–Kier alpha value is -4.46. The number of carbonyl (C=O) groups is 2. The molecular weight excluding hydrogens is 468 g/mol. The van der Waals surface area contributed by atoms with Crippen molar-refractivity contribution < 1.29 is 19.8 Å². The highest BCUT2D eigenvalue weighted by Gasteiger charge is 2.32. The van der Waals surface area contributed by atoms with Gasteiger partial charge in [0.25, 0.3) is 0 Å². The number of carboxylic acid groups (broad SMARTS) is 1. The van der Waals surface area contributed by atoms with Crippen molar-refractivity contribution in [3.8, 4) is 16.9 Å². The van der Waals surface area contributed by atoms with Gasteiger partial charge in [0.1, 0.15) is 11.3 Å². The van der Waals surface area contributed by atoms with Crippen LogP contribution in [0.15, 0.2) is 64.8 Å². The Labute approximate surface area is 215 Å². The van der Waals surface area contributed by atoms with Crippen LogP contribution in [0.3, 0.4) is 0 Å². The van der Waals surface area contributed by atoms with E-state index >= 15 is 0 Å². The van der Waals surface area contributed by atoms with Crippen LogP contribution in [0.4, 0.5) is 11.4 Å². The Balaban J connectivity index is 1.41. The lowest BCUT2D eigenvalue weighted by Crippen LogP contribution is -2.28. The fourth-order valence-electron chi connectivity index (χ4n) is 5.11. The number of hydrogen-bond donors (Lipinski definition) is 3. The minimum Gasteiger partial charge on any atom is -0.506 e. The van der Waals surface area contributed by atoms with Crippen molar-refractivity contribution in [2.45, 2.75) is 46.0 Å². The maximum Gasteiger partial charge on any atom is 0.339 e. The number of para-hydroxylation sites is 1. The number of amides is 1. The second-order valence-electron chi connectivity index (χ2n) is 9.50. The molecule has 3 aromatic carbocycles. The number of carboxylic acids is 1. The molecule has 5 rings (SSSR count). The van der Waals surface area contributed by atoms with Gasteiger partial charge >= 0.3 is 11.9 Å². The highest BCUT2D eigenvalue weighted by molar-refractivity contribution is 6.71. The van der Waals surface area contributed by atoms with Crippen LogP contribution in [0.25, 0.3) is 11.1 Å². The summed E-state index contributed by atoms with van der Waals surface area (Å²) >= 11 is 0. The second kappa shape index (κ2) is 9.54. The zero-order valence-electron chi connectivity index (χ0n) is 20.9. The smallest absolute Gasteiger partial charge is 0.339 e. The monoisotopic (exact) mass is 496 g/mol. The molecule has 0 fully saturated rings. The topological polar surface area (TPSA) is 115 Å². The molecule has 2 aliphatic rings. The minimum atomic E-state index is -1.20. The molecule has 0 saturated carbocycles. The molecule has 1 heterocycles. The van der Waals surface area contributed by atoms with Crippen LogP contribution in [0.1, 0.15) is 59.7 Å². The second-order valence-corrected chi connectivity index (χ2v) is 9.50. The summed E-state index contributed by atoms with van der Waals surface area (Å²) in [6, 6.07) is 16.1. The lowest BCUT2D eigenvalue weighted by Gasteiger charge is -2.15. The first-order valence-corrected chi connectivity index (χ1v) is 12.3. The molecule has 0 aromatic heterocycles. The SMILES string of the molecule is CCC1CCc2ccc(N3N=C(C)C(=NNc4cc(C)cc(-c5cccc(C(=O)O)c5O)c4)C3=O)cc21. The summed E-state index contributed by atoms with van der Waals surface area (Å²) in [6.45, 7) is 5.82. The molecule has 3 N–H and O–H groups in total. The summed E-state index contributed by atoms with van der Waals surface area (Å²) in [5.74, 6) is -1.30. The van der Waals surface area contributed by atoms with Crippen molar-refractivity contribution in [2.75, 3.05) is 10.4 Å². The van der Waals surface area contributed by atoms with E-state index < -0.39 is 5.97 Å². The molecule has 37 heavy (non-hydrogen) atoms. The Morgan fingerprint density at radius 2 is 1.97 bits per heavy atom. The number of aromatic carboxylic acids is 1. The molecule has 0 bridgehead atoms. The number of aryl methyl sites for hydroxylation is 2. The molecular formula is C29H28N4O4. The zero-order valence-corrected chi connectivity index (χ0v) is 20.9. The van der Waals surface area contributed by atoms with Crippen LogP contribution in [0, 0.1) is 6.92 Å². The number of benzene rings is 3. The molecule has 1 amide bonds. The van der Waals surface area contributed by atoms with Crippen LogP contribution < -0.4 is 10.4 Å². The third-order valence-electron chi connectivity index (χ3n) is 7.01. The molecule has 3 aromatic rings. The summed E-state index contributed by atoms with van der Waals surface area (Å²) in [5.41, 5.74) is 9.34. The van der Waals surface area contributed by atoms with Gasteiger partial charge in [0.05, 0.1) is 17.1 Å². The first-order valence-electron chi connectivity index (χ1n) is 12.3. The summed E-state index contributed by atoms with van der Waals surface area (Å²) < 4.78 is 0. The summed E-state index contributed by atoms with van der Waals surface area (Å²) in [5, 5.41) is 30.1. The normalized spacial score (nSPS) is 17.8. The standard InChI is InChI=1S/C29H28N4O4/c1-4-18-8-9-19-10-11-22(15-25(18)19)33-28(35)26(17(3)32-33)31-30-21-13-16(2)12-20(14-21)23-6-5-7-24(27(23)34)29(36)37/h5-7,10-15,18,30,34H,4,8-9H2,1-3H3,(H,36,37). The molecule has 0 radical (unpaired) electrons. The quantitative estimate of drug-likeness (QED) is 0.379. The minimum absolute atomic E-state index is 0.172. The Morgan fingerprint density at radius 1 is 1.16 bits per heavy atom. The van der Waals surface area contributed by atoms with Crippen LogP contribution in [0.2, 0.25) is 0 Å². The Morgan fingerprint density at radius 3 is 2.73 bits per heavy atom. The van der Waals surface area contributed by atoms with Crippen molar-refractivity contribution in [2.24, 2.45) is 10.2 Å². The highest BCUT2D eigenvalue weighted by Crippen LogP contribution is 2.38. The van der Waals surface area contributed by atoms with Crippen molar-refractivity contribution in [1.29, 1.82) is 0 Å². The number of hydrogen-bond acceptors (Lipinski definition) is 6. The van der Waals surface area contributed by atoms with E-state index in [4.69, 9.17) is 0 Å². The van der Waals surface area contributed by atoms with Gasteiger partial charge in [-0.25, -0.2) is 4.79 Å². The van der Waals surface area contributed by atoms with Crippen molar-refractivity contribution in [1.82, 2.24) is 0 Å². The van der Waals surface area contributed by atoms with Crippen molar-refractivity contribution >= 4 is 34.7 Å². The van der Waals surface area contributed by atoms with Gasteiger partial charge in [0.2, 0.25) is 0 Å². The lowest BCUT2D eigenvalue weighted by atomic mass is 9.98. The van der Waals surface area contributed by atoms with Crippen molar-refractivity contribution in [3.05, 3.63) is 76.9 Å². The van der Waals surface area contributed by atoms with E-state index in [1.165, 1.54) is 22.2 Å². The largest absolute Gasteiger partial charge is 0.506 e. The zero-order chi connectivity index (χ0) is 26.3.